The van der Waals surface area contributed by atoms with Crippen LogP contribution in [0.25, 0.3) is 0 Å². The number of amides is 1. The third-order valence-corrected chi connectivity index (χ3v) is 3.52. The number of ether oxygens (including phenoxy) is 2. The van der Waals surface area contributed by atoms with Gasteiger partial charge in [-0.2, -0.15) is 0 Å². The minimum absolute atomic E-state index is 0.0843. The molecule has 0 saturated heterocycles. The lowest BCUT2D eigenvalue weighted by atomic mass is 10.1. The van der Waals surface area contributed by atoms with Gasteiger partial charge in [-0.3, -0.25) is 9.69 Å². The molecule has 1 rings (SSSR count). The number of carbonyl (C=O) groups is 2. The van der Waals surface area contributed by atoms with Crippen LogP contribution in [0.1, 0.15) is 31.9 Å². The fourth-order valence-electron chi connectivity index (χ4n) is 2.23. The zero-order valence-electron chi connectivity index (χ0n) is 15.2. The number of benzene rings is 1. The first-order chi connectivity index (χ1) is 11.3. The summed E-state index contributed by atoms with van der Waals surface area (Å²) in [4.78, 5) is 25.5. The molecule has 0 unspecified atom stereocenters. The zero-order chi connectivity index (χ0) is 18.1. The maximum atomic E-state index is 12.2. The molecule has 0 fully saturated rings. The van der Waals surface area contributed by atoms with Gasteiger partial charge in [0.25, 0.3) is 0 Å². The molecule has 1 N–H and O–H groups in total. The molecule has 0 aromatic heterocycles. The van der Waals surface area contributed by atoms with E-state index in [-0.39, 0.29) is 25.2 Å². The lowest BCUT2D eigenvalue weighted by Crippen LogP contribution is -2.36. The van der Waals surface area contributed by atoms with Gasteiger partial charge in [-0.15, -0.1) is 0 Å². The Hall–Kier alpha value is -2.08. The van der Waals surface area contributed by atoms with Crippen molar-refractivity contribution in [3.63, 3.8) is 0 Å². The van der Waals surface area contributed by atoms with Crippen LogP contribution >= 0.6 is 0 Å². The molecule has 1 aromatic carbocycles. The van der Waals surface area contributed by atoms with Crippen LogP contribution in [0.15, 0.2) is 18.2 Å². The molecule has 0 spiro atoms. The Morgan fingerprint density at radius 2 is 1.83 bits per heavy atom. The lowest BCUT2D eigenvalue weighted by Gasteiger charge is -2.20. The Bertz CT molecular complexity index is 538. The Kier molecular flexibility index (Phi) is 8.26. The smallest absolute Gasteiger partial charge is 0.433 e. The van der Waals surface area contributed by atoms with Crippen molar-refractivity contribution >= 4 is 17.7 Å². The summed E-state index contributed by atoms with van der Waals surface area (Å²) in [6, 6.07) is 5.90. The largest absolute Gasteiger partial charge is 0.508 e. The molecule has 6 heteroatoms. The van der Waals surface area contributed by atoms with Crippen LogP contribution in [0.2, 0.25) is 0 Å². The molecule has 1 amide bonds. The molecular formula is C18H28N2O4. The van der Waals surface area contributed by atoms with Crippen LogP contribution in [-0.4, -0.2) is 49.3 Å². The average Bonchev–Trinajstić information content (AvgIpc) is 2.49. The molecule has 0 aliphatic rings. The number of nitrogens with zero attached hydrogens (tertiary/aromatic N) is 1. The molecule has 6 nitrogen and oxygen atoms in total. The van der Waals surface area contributed by atoms with Crippen molar-refractivity contribution in [2.24, 2.45) is 0 Å². The molecule has 0 bridgehead atoms. The van der Waals surface area contributed by atoms with Crippen molar-refractivity contribution in [1.82, 2.24) is 4.90 Å². The summed E-state index contributed by atoms with van der Waals surface area (Å²) in [6.07, 6.45) is -0.885. The molecule has 0 radical (unpaired) electrons. The monoisotopic (exact) mass is 336 g/mol. The number of aryl methyl sites for hydroxylation is 2. The van der Waals surface area contributed by atoms with Crippen LogP contribution in [-0.2, 0) is 14.3 Å². The first-order valence-electron chi connectivity index (χ1n) is 8.25. The van der Waals surface area contributed by atoms with Crippen molar-refractivity contribution in [3.8, 4) is 0 Å². The highest BCUT2D eigenvalue weighted by Crippen LogP contribution is 2.19. The van der Waals surface area contributed by atoms with Crippen molar-refractivity contribution < 1.29 is 19.1 Å². The second kappa shape index (κ2) is 9.93. The van der Waals surface area contributed by atoms with E-state index >= 15 is 0 Å². The predicted molar refractivity (Wildman–Crippen MR) is 94.2 cm³/mol. The Labute approximate surface area is 144 Å². The second-order valence-corrected chi connectivity index (χ2v) is 5.95. The molecule has 1 aromatic rings. The lowest BCUT2D eigenvalue weighted by molar-refractivity contribution is -0.117. The molecule has 0 saturated carbocycles. The summed E-state index contributed by atoms with van der Waals surface area (Å²) in [6.45, 7) is 11.0. The van der Waals surface area contributed by atoms with Crippen LogP contribution in [0.5, 0.6) is 0 Å². The highest BCUT2D eigenvalue weighted by molar-refractivity contribution is 5.93. The minimum atomic E-state index is -0.680. The van der Waals surface area contributed by atoms with Crippen LogP contribution < -0.4 is 5.32 Å². The molecule has 24 heavy (non-hydrogen) atoms. The topological polar surface area (TPSA) is 67.9 Å². The van der Waals surface area contributed by atoms with Gasteiger partial charge in [-0.1, -0.05) is 25.1 Å². The van der Waals surface area contributed by atoms with Gasteiger partial charge >= 0.3 is 6.16 Å². The van der Waals surface area contributed by atoms with Gasteiger partial charge in [0.2, 0.25) is 5.91 Å². The van der Waals surface area contributed by atoms with E-state index in [1.54, 1.807) is 13.8 Å². The fourth-order valence-corrected chi connectivity index (χ4v) is 2.23. The number of anilines is 1. The van der Waals surface area contributed by atoms with Gasteiger partial charge < -0.3 is 14.8 Å². The highest BCUT2D eigenvalue weighted by atomic mass is 16.7. The molecule has 0 aliphatic heterocycles. The standard InChI is InChI=1S/C18H28N2O4/c1-6-20(10-11-23-18(22)24-13(2)3)12-16(21)19-17-14(4)8-7-9-15(17)5/h7-9,13H,6,10-12H2,1-5H3,(H,19,21). The van der Waals surface area contributed by atoms with Crippen molar-refractivity contribution in [3.05, 3.63) is 29.3 Å². The predicted octanol–water partition coefficient (Wildman–Crippen LogP) is 3.13. The Balaban J connectivity index is 2.44. The number of nitrogens with one attached hydrogen (secondary N) is 1. The van der Waals surface area contributed by atoms with E-state index in [4.69, 9.17) is 9.47 Å². The maximum absolute atomic E-state index is 12.2. The van der Waals surface area contributed by atoms with Gasteiger partial charge in [-0.05, 0) is 45.4 Å². The molecular weight excluding hydrogens is 308 g/mol. The van der Waals surface area contributed by atoms with Gasteiger partial charge in [-0.25, -0.2) is 4.79 Å². The summed E-state index contributed by atoms with van der Waals surface area (Å²) >= 11 is 0. The molecule has 134 valence electrons. The SMILES string of the molecule is CCN(CCOC(=O)OC(C)C)CC(=O)Nc1c(C)cccc1C. The summed E-state index contributed by atoms with van der Waals surface area (Å²) < 4.78 is 9.88. The highest BCUT2D eigenvalue weighted by Gasteiger charge is 2.13. The normalized spacial score (nSPS) is 10.8. The molecule has 0 aliphatic carbocycles. The van der Waals surface area contributed by atoms with E-state index in [9.17, 15) is 9.59 Å². The van der Waals surface area contributed by atoms with E-state index in [1.807, 2.05) is 43.9 Å². The van der Waals surface area contributed by atoms with Gasteiger partial charge in [0, 0.05) is 12.2 Å². The summed E-state index contributed by atoms with van der Waals surface area (Å²) in [5.74, 6) is -0.0843. The van der Waals surface area contributed by atoms with Crippen LogP contribution in [0.4, 0.5) is 10.5 Å². The maximum Gasteiger partial charge on any atom is 0.508 e. The summed E-state index contributed by atoms with van der Waals surface area (Å²) in [7, 11) is 0. The molecule has 0 heterocycles. The van der Waals surface area contributed by atoms with Crippen LogP contribution in [0, 0.1) is 13.8 Å². The first-order valence-corrected chi connectivity index (χ1v) is 8.25. The quantitative estimate of drug-likeness (QED) is 0.739. The van der Waals surface area contributed by atoms with E-state index in [1.165, 1.54) is 0 Å². The van der Waals surface area contributed by atoms with Crippen LogP contribution in [0.3, 0.4) is 0 Å². The summed E-state index contributed by atoms with van der Waals surface area (Å²) in [5, 5.41) is 2.96. The van der Waals surface area contributed by atoms with E-state index in [0.29, 0.717) is 13.1 Å². The Morgan fingerprint density at radius 3 is 2.38 bits per heavy atom. The fraction of sp³-hybridized carbons (Fsp3) is 0.556. The molecule has 0 atom stereocenters. The third kappa shape index (κ3) is 7.00. The summed E-state index contributed by atoms with van der Waals surface area (Å²) in [5.41, 5.74) is 2.92. The van der Waals surface area contributed by atoms with Crippen molar-refractivity contribution in [1.29, 1.82) is 0 Å². The van der Waals surface area contributed by atoms with Gasteiger partial charge in [0.1, 0.15) is 6.61 Å². The Morgan fingerprint density at radius 1 is 1.21 bits per heavy atom. The van der Waals surface area contributed by atoms with Gasteiger partial charge in [0.15, 0.2) is 0 Å². The first kappa shape index (κ1) is 20.0. The number of hydrogen-bond donors (Lipinski definition) is 1. The number of hydrogen-bond acceptors (Lipinski definition) is 5. The number of carbonyl (C=O) groups excluding carboxylic acids is 2. The van der Waals surface area contributed by atoms with E-state index < -0.39 is 6.16 Å². The number of para-hydroxylation sites is 1. The third-order valence-electron chi connectivity index (χ3n) is 3.52. The minimum Gasteiger partial charge on any atom is -0.433 e. The second-order valence-electron chi connectivity index (χ2n) is 5.95. The van der Waals surface area contributed by atoms with E-state index in [2.05, 4.69) is 5.32 Å². The number of likely N-dealkylation sites (N-methyl/N-ethyl adjacent to an activating group) is 1. The van der Waals surface area contributed by atoms with E-state index in [0.717, 1.165) is 16.8 Å². The van der Waals surface area contributed by atoms with Crippen molar-refractivity contribution in [2.75, 3.05) is 31.6 Å². The zero-order valence-corrected chi connectivity index (χ0v) is 15.2. The number of rotatable bonds is 8. The average molecular weight is 336 g/mol. The van der Waals surface area contributed by atoms with Gasteiger partial charge in [0.05, 0.1) is 12.6 Å². The van der Waals surface area contributed by atoms with Crippen molar-refractivity contribution in [2.45, 2.75) is 40.7 Å².